The lowest BCUT2D eigenvalue weighted by molar-refractivity contribution is -0.139. The number of nitrogens with one attached hydrogen (secondary N) is 1. The summed E-state index contributed by atoms with van der Waals surface area (Å²) in [5, 5.41) is 2.68. The lowest BCUT2D eigenvalue weighted by Crippen LogP contribution is -2.50. The normalized spacial score (nSPS) is 12.0. The Morgan fingerprint density at radius 1 is 0.914 bits per heavy atom. The van der Waals surface area contributed by atoms with Crippen molar-refractivity contribution in [1.29, 1.82) is 0 Å². The van der Waals surface area contributed by atoms with E-state index in [4.69, 9.17) is 23.2 Å². The van der Waals surface area contributed by atoms with Crippen LogP contribution in [-0.4, -0.2) is 44.8 Å². The first kappa shape index (κ1) is 26.5. The predicted molar refractivity (Wildman–Crippen MR) is 138 cm³/mol. The first-order valence-electron chi connectivity index (χ1n) is 10.7. The summed E-state index contributed by atoms with van der Waals surface area (Å²) in [5.41, 5.74) is 0.846. The summed E-state index contributed by atoms with van der Waals surface area (Å²) >= 11 is 12.6. The van der Waals surface area contributed by atoms with Crippen molar-refractivity contribution in [2.45, 2.75) is 24.4 Å². The zero-order chi connectivity index (χ0) is 25.6. The molecule has 1 atom stereocenters. The van der Waals surface area contributed by atoms with Crippen LogP contribution in [0.15, 0.2) is 83.8 Å². The minimum absolute atomic E-state index is 0.00423. The molecule has 0 saturated carbocycles. The summed E-state index contributed by atoms with van der Waals surface area (Å²) in [7, 11) is -2.73. The molecule has 35 heavy (non-hydrogen) atoms. The molecular formula is C25H25Cl2N3O4S. The molecule has 3 aromatic rings. The Bertz CT molecular complexity index is 1290. The van der Waals surface area contributed by atoms with E-state index in [9.17, 15) is 18.0 Å². The number of sulfonamides is 1. The Morgan fingerprint density at radius 3 is 2.11 bits per heavy atom. The molecule has 0 radical (unpaired) electrons. The summed E-state index contributed by atoms with van der Waals surface area (Å²) < 4.78 is 28.2. The first-order valence-corrected chi connectivity index (χ1v) is 12.9. The fraction of sp³-hybridized carbons (Fsp3) is 0.200. The number of hydrogen-bond acceptors (Lipinski definition) is 4. The van der Waals surface area contributed by atoms with Gasteiger partial charge in [-0.1, -0.05) is 77.8 Å². The van der Waals surface area contributed by atoms with Crippen LogP contribution in [-0.2, 0) is 26.2 Å². The van der Waals surface area contributed by atoms with Gasteiger partial charge in [0.25, 0.3) is 10.0 Å². The van der Waals surface area contributed by atoms with Gasteiger partial charge in [-0.3, -0.25) is 13.9 Å². The number of carbonyl (C=O) groups excluding carboxylic acids is 2. The number of hydrogen-bond donors (Lipinski definition) is 1. The van der Waals surface area contributed by atoms with Crippen molar-refractivity contribution in [2.75, 3.05) is 17.9 Å². The molecule has 0 aliphatic rings. The van der Waals surface area contributed by atoms with E-state index in [2.05, 4.69) is 5.32 Å². The highest BCUT2D eigenvalue weighted by Gasteiger charge is 2.33. The molecule has 0 unspecified atom stereocenters. The van der Waals surface area contributed by atoms with E-state index < -0.39 is 28.5 Å². The minimum atomic E-state index is -4.20. The number of amides is 2. The second kappa shape index (κ2) is 11.6. The molecule has 0 heterocycles. The highest BCUT2D eigenvalue weighted by molar-refractivity contribution is 7.92. The van der Waals surface area contributed by atoms with E-state index in [0.29, 0.717) is 0 Å². The van der Waals surface area contributed by atoms with E-state index in [1.54, 1.807) is 31.2 Å². The van der Waals surface area contributed by atoms with Crippen LogP contribution in [0.25, 0.3) is 0 Å². The number of nitrogens with zero attached hydrogens (tertiary/aromatic N) is 2. The quantitative estimate of drug-likeness (QED) is 0.442. The molecule has 0 fully saturated rings. The molecule has 0 aliphatic carbocycles. The van der Waals surface area contributed by atoms with Crippen molar-refractivity contribution < 1.29 is 18.0 Å². The zero-order valence-electron chi connectivity index (χ0n) is 19.2. The van der Waals surface area contributed by atoms with Gasteiger partial charge >= 0.3 is 0 Å². The summed E-state index contributed by atoms with van der Waals surface area (Å²) in [4.78, 5) is 27.4. The van der Waals surface area contributed by atoms with Crippen molar-refractivity contribution in [2.24, 2.45) is 0 Å². The van der Waals surface area contributed by atoms with Crippen LogP contribution in [0.5, 0.6) is 0 Å². The summed E-state index contributed by atoms with van der Waals surface area (Å²) in [6, 6.07) is 20.5. The molecule has 3 rings (SSSR count). The van der Waals surface area contributed by atoms with E-state index in [1.165, 1.54) is 36.2 Å². The number of likely N-dealkylation sites (N-methyl/N-ethyl adjacent to an activating group) is 1. The van der Waals surface area contributed by atoms with Crippen LogP contribution in [0.1, 0.15) is 12.5 Å². The Labute approximate surface area is 215 Å². The van der Waals surface area contributed by atoms with Gasteiger partial charge in [-0.15, -0.1) is 0 Å². The molecule has 2 amide bonds. The maximum absolute atomic E-state index is 13.6. The van der Waals surface area contributed by atoms with Crippen molar-refractivity contribution >= 4 is 50.7 Å². The van der Waals surface area contributed by atoms with Crippen molar-refractivity contribution in [3.63, 3.8) is 0 Å². The molecule has 3 aromatic carbocycles. The number of halogens is 2. The standard InChI is InChI=1S/C25H25Cl2N3O4S/c1-18(25(32)28-2)29(16-19-10-5-3-6-11-19)23(31)17-30(22-15-9-14-21(26)24(22)27)35(33,34)20-12-7-4-8-13-20/h3-15,18H,16-17H2,1-2H3,(H,28,32)/t18-/m1/s1. The summed E-state index contributed by atoms with van der Waals surface area (Å²) in [6.07, 6.45) is 0. The monoisotopic (exact) mass is 533 g/mol. The predicted octanol–water partition coefficient (Wildman–Crippen LogP) is 4.35. The van der Waals surface area contributed by atoms with Crippen LogP contribution in [0.3, 0.4) is 0 Å². The fourth-order valence-electron chi connectivity index (χ4n) is 3.49. The van der Waals surface area contributed by atoms with Gasteiger partial charge in [0.1, 0.15) is 12.6 Å². The molecule has 10 heteroatoms. The van der Waals surface area contributed by atoms with Gasteiger partial charge in [0.2, 0.25) is 11.8 Å². The topological polar surface area (TPSA) is 86.8 Å². The number of benzene rings is 3. The van der Waals surface area contributed by atoms with Crippen molar-refractivity contribution in [3.05, 3.63) is 94.5 Å². The second-order valence-corrected chi connectivity index (χ2v) is 10.3. The van der Waals surface area contributed by atoms with Gasteiger partial charge in [-0.2, -0.15) is 0 Å². The van der Waals surface area contributed by atoms with Crippen LogP contribution < -0.4 is 9.62 Å². The Kier molecular flexibility index (Phi) is 8.77. The third-order valence-electron chi connectivity index (χ3n) is 5.42. The highest BCUT2D eigenvalue weighted by atomic mass is 35.5. The number of rotatable bonds is 9. The highest BCUT2D eigenvalue weighted by Crippen LogP contribution is 2.35. The molecule has 0 bridgehead atoms. The third-order valence-corrected chi connectivity index (χ3v) is 8.00. The van der Waals surface area contributed by atoms with Crippen molar-refractivity contribution in [3.8, 4) is 0 Å². The number of anilines is 1. The van der Waals surface area contributed by atoms with Gasteiger partial charge in [-0.05, 0) is 36.8 Å². The van der Waals surface area contributed by atoms with E-state index in [0.717, 1.165) is 9.87 Å². The average molecular weight is 534 g/mol. The molecule has 184 valence electrons. The summed E-state index contributed by atoms with van der Waals surface area (Å²) in [5.74, 6) is -0.965. The lowest BCUT2D eigenvalue weighted by atomic mass is 10.1. The fourth-order valence-corrected chi connectivity index (χ4v) is 5.38. The summed E-state index contributed by atoms with van der Waals surface area (Å²) in [6.45, 7) is 1.10. The first-order chi connectivity index (χ1) is 16.7. The van der Waals surface area contributed by atoms with E-state index >= 15 is 0 Å². The average Bonchev–Trinajstić information content (AvgIpc) is 2.87. The van der Waals surface area contributed by atoms with E-state index in [-0.39, 0.29) is 33.1 Å². The SMILES string of the molecule is CNC(=O)[C@@H](C)N(Cc1ccccc1)C(=O)CN(c1cccc(Cl)c1Cl)S(=O)(=O)c1ccccc1. The van der Waals surface area contributed by atoms with Crippen LogP contribution in [0, 0.1) is 0 Å². The van der Waals surface area contributed by atoms with Gasteiger partial charge < -0.3 is 10.2 Å². The van der Waals surface area contributed by atoms with Gasteiger partial charge in [0.05, 0.1) is 20.6 Å². The maximum Gasteiger partial charge on any atom is 0.264 e. The van der Waals surface area contributed by atoms with Crippen LogP contribution in [0.4, 0.5) is 5.69 Å². The molecule has 1 N–H and O–H groups in total. The molecule has 0 aromatic heterocycles. The maximum atomic E-state index is 13.6. The molecule has 7 nitrogen and oxygen atoms in total. The van der Waals surface area contributed by atoms with Gasteiger partial charge in [0, 0.05) is 13.6 Å². The minimum Gasteiger partial charge on any atom is -0.357 e. The number of carbonyl (C=O) groups is 2. The van der Waals surface area contributed by atoms with Gasteiger partial charge in [0.15, 0.2) is 0 Å². The molecule has 0 aliphatic heterocycles. The second-order valence-electron chi connectivity index (χ2n) is 7.70. The molecule has 0 saturated heterocycles. The third kappa shape index (κ3) is 6.14. The molecular weight excluding hydrogens is 509 g/mol. The Balaban J connectivity index is 2.06. The Hall–Kier alpha value is -3.07. The van der Waals surface area contributed by atoms with Crippen LogP contribution in [0.2, 0.25) is 10.0 Å². The zero-order valence-corrected chi connectivity index (χ0v) is 21.5. The van der Waals surface area contributed by atoms with Crippen LogP contribution >= 0.6 is 23.2 Å². The molecule has 0 spiro atoms. The lowest BCUT2D eigenvalue weighted by Gasteiger charge is -2.32. The smallest absolute Gasteiger partial charge is 0.264 e. The largest absolute Gasteiger partial charge is 0.357 e. The van der Waals surface area contributed by atoms with Crippen molar-refractivity contribution in [1.82, 2.24) is 10.2 Å². The Morgan fingerprint density at radius 2 is 1.51 bits per heavy atom. The van der Waals surface area contributed by atoms with Gasteiger partial charge in [-0.25, -0.2) is 8.42 Å². The van der Waals surface area contributed by atoms with E-state index in [1.807, 2.05) is 30.3 Å².